The zero-order chi connectivity index (χ0) is 28.0. The van der Waals surface area contributed by atoms with Crippen LogP contribution in [-0.2, 0) is 21.3 Å². The molecule has 0 bridgehead atoms. The quantitative estimate of drug-likeness (QED) is 0.272. The molecule has 210 valence electrons. The third-order valence-electron chi connectivity index (χ3n) is 8.02. The molecule has 2 aliphatic carbocycles. The molecule has 0 N–H and O–H groups in total. The fraction of sp³-hybridized carbons (Fsp3) is 0.108. The molecule has 0 saturated heterocycles. The maximum Gasteiger partial charge on any atom is -1.00 e. The standard InChI is InChI=1S/C17H13.C13H8Cl2.C7H9.2ClH.Zr/c1-3-12-5-7-14-11-15-8-6-13(4-2)10-17(15)16(14)9-12;14-12-5-1-3-10(8-12)7-11-4-2-6-13(15)9-11;1-6-3-4-7(2)5-6;;;/h3-11H,1-2H2;1-6,8-9H;3,5,7H,1-2H3;2*1H;/q;;;;;+2/p-2. The summed E-state index contributed by atoms with van der Waals surface area (Å²) in [4.78, 5) is 0. The van der Waals surface area contributed by atoms with E-state index in [1.54, 1.807) is 3.28 Å². The molecule has 0 nitrogen and oxygen atoms in total. The van der Waals surface area contributed by atoms with E-state index in [4.69, 9.17) is 23.2 Å². The summed E-state index contributed by atoms with van der Waals surface area (Å²) < 4.78 is 3.32. The van der Waals surface area contributed by atoms with Gasteiger partial charge in [-0.05, 0) is 0 Å². The van der Waals surface area contributed by atoms with Crippen molar-refractivity contribution in [2.75, 3.05) is 0 Å². The van der Waals surface area contributed by atoms with Gasteiger partial charge < -0.3 is 24.8 Å². The van der Waals surface area contributed by atoms with E-state index in [1.165, 1.54) is 42.2 Å². The minimum Gasteiger partial charge on any atom is -1.00 e. The van der Waals surface area contributed by atoms with E-state index in [0.29, 0.717) is 9.54 Å². The summed E-state index contributed by atoms with van der Waals surface area (Å²) >= 11 is 10.4. The SMILES string of the molecule is C=Cc1ccc2c(c1)-c1cc(C=C)ccc1[CH]2[Zr+2]([C]1=CC(C)=CC1C)=[C](c1cccc(Cl)c1)c1cccc(Cl)c1.[Cl-].[Cl-]. The van der Waals surface area contributed by atoms with E-state index in [-0.39, 0.29) is 24.8 Å². The molecule has 0 aromatic heterocycles. The van der Waals surface area contributed by atoms with Crippen LogP contribution >= 0.6 is 23.2 Å². The first-order valence-electron chi connectivity index (χ1n) is 13.6. The number of hydrogen-bond acceptors (Lipinski definition) is 0. The van der Waals surface area contributed by atoms with Gasteiger partial charge in [0.05, 0.1) is 0 Å². The van der Waals surface area contributed by atoms with Crippen LogP contribution in [0.4, 0.5) is 0 Å². The summed E-state index contributed by atoms with van der Waals surface area (Å²) in [5.74, 6) is 0.384. The summed E-state index contributed by atoms with van der Waals surface area (Å²) in [7, 11) is 0. The Morgan fingerprint density at radius 1 is 0.738 bits per heavy atom. The zero-order valence-electron chi connectivity index (χ0n) is 23.5. The summed E-state index contributed by atoms with van der Waals surface area (Å²) in [6, 6.07) is 30.5. The molecule has 6 rings (SSSR count). The zero-order valence-corrected chi connectivity index (χ0v) is 29.0. The molecule has 0 heterocycles. The van der Waals surface area contributed by atoms with Gasteiger partial charge in [0.25, 0.3) is 0 Å². The average Bonchev–Trinajstić information content (AvgIpc) is 3.46. The fourth-order valence-electron chi connectivity index (χ4n) is 6.30. The van der Waals surface area contributed by atoms with Crippen LogP contribution in [-0.4, -0.2) is 3.21 Å². The fourth-order valence-corrected chi connectivity index (χ4v) is 16.3. The van der Waals surface area contributed by atoms with Gasteiger partial charge in [0.15, 0.2) is 0 Å². The number of rotatable bonds is 6. The smallest absolute Gasteiger partial charge is 1.00 e. The Morgan fingerprint density at radius 2 is 1.24 bits per heavy atom. The van der Waals surface area contributed by atoms with Crippen LogP contribution < -0.4 is 24.8 Å². The molecular weight excluding hydrogens is 677 g/mol. The van der Waals surface area contributed by atoms with Crippen molar-refractivity contribution in [3.8, 4) is 11.1 Å². The number of benzene rings is 4. The second kappa shape index (κ2) is 13.6. The van der Waals surface area contributed by atoms with E-state index < -0.39 is 21.3 Å². The van der Waals surface area contributed by atoms with Crippen molar-refractivity contribution >= 4 is 38.6 Å². The monoisotopic (exact) mass is 704 g/mol. The first kappa shape index (κ1) is 32.7. The molecule has 1 unspecified atom stereocenters. The van der Waals surface area contributed by atoms with Crippen molar-refractivity contribution in [3.05, 3.63) is 163 Å². The van der Waals surface area contributed by atoms with Crippen LogP contribution in [0.5, 0.6) is 0 Å². The van der Waals surface area contributed by atoms with E-state index in [0.717, 1.165) is 21.2 Å². The van der Waals surface area contributed by atoms with Crippen LogP contribution in [0, 0.1) is 5.92 Å². The van der Waals surface area contributed by atoms with Gasteiger partial charge in [-0.3, -0.25) is 0 Å². The van der Waals surface area contributed by atoms with Gasteiger partial charge in [0.2, 0.25) is 0 Å². The first-order valence-corrected chi connectivity index (χ1v) is 18.2. The van der Waals surface area contributed by atoms with Gasteiger partial charge in [-0.15, -0.1) is 0 Å². The molecule has 0 spiro atoms. The third-order valence-corrected chi connectivity index (χ3v) is 17.2. The molecule has 0 saturated carbocycles. The Bertz CT molecular complexity index is 1690. The van der Waals surface area contributed by atoms with Gasteiger partial charge in [-0.2, -0.15) is 0 Å². The van der Waals surface area contributed by atoms with Gasteiger partial charge in [0, 0.05) is 0 Å². The van der Waals surface area contributed by atoms with Crippen molar-refractivity contribution < 1.29 is 46.1 Å². The Balaban J connectivity index is 0.00000202. The van der Waals surface area contributed by atoms with Crippen LogP contribution in [0.3, 0.4) is 0 Å². The number of halogens is 4. The van der Waals surface area contributed by atoms with E-state index in [1.807, 2.05) is 24.3 Å². The Hall–Kier alpha value is -2.25. The van der Waals surface area contributed by atoms with Gasteiger partial charge in [0.1, 0.15) is 0 Å². The number of allylic oxidation sites excluding steroid dienone is 4. The molecule has 5 heteroatoms. The molecule has 42 heavy (non-hydrogen) atoms. The maximum atomic E-state index is 6.65. The predicted octanol–water partition coefficient (Wildman–Crippen LogP) is 4.72. The van der Waals surface area contributed by atoms with Crippen LogP contribution in [0.25, 0.3) is 23.3 Å². The van der Waals surface area contributed by atoms with E-state index in [9.17, 15) is 0 Å². The minimum absolute atomic E-state index is 0. The normalized spacial score (nSPS) is 14.7. The molecule has 0 fully saturated rings. The van der Waals surface area contributed by atoms with E-state index >= 15 is 0 Å². The topological polar surface area (TPSA) is 0 Å². The van der Waals surface area contributed by atoms with Gasteiger partial charge in [-0.1, -0.05) is 0 Å². The molecule has 2 aliphatic rings. The van der Waals surface area contributed by atoms with Crippen molar-refractivity contribution in [3.63, 3.8) is 0 Å². The number of fused-ring (bicyclic) bond motifs is 3. The van der Waals surface area contributed by atoms with Crippen LogP contribution in [0.2, 0.25) is 10.0 Å². The van der Waals surface area contributed by atoms with E-state index in [2.05, 4.69) is 112 Å². The molecule has 1 atom stereocenters. The summed E-state index contributed by atoms with van der Waals surface area (Å²) in [6.45, 7) is 12.7. The predicted molar refractivity (Wildman–Crippen MR) is 171 cm³/mol. The largest absolute Gasteiger partial charge is 1.00 e. The summed E-state index contributed by atoms with van der Waals surface area (Å²) in [5.41, 5.74) is 11.5. The Kier molecular flexibility index (Phi) is 10.6. The van der Waals surface area contributed by atoms with Crippen molar-refractivity contribution in [1.82, 2.24) is 0 Å². The summed E-state index contributed by atoms with van der Waals surface area (Å²) in [5, 5.41) is 1.50. The van der Waals surface area contributed by atoms with Crippen molar-refractivity contribution in [1.29, 1.82) is 0 Å². The Morgan fingerprint density at radius 3 is 1.64 bits per heavy atom. The Labute approximate surface area is 279 Å². The average molecular weight is 708 g/mol. The number of hydrogen-bond donors (Lipinski definition) is 0. The molecular formula is C37H30Cl4Zr. The molecule has 4 aromatic carbocycles. The second-order valence-electron chi connectivity index (χ2n) is 10.6. The molecule has 0 amide bonds. The van der Waals surface area contributed by atoms with Crippen LogP contribution in [0.1, 0.15) is 50.9 Å². The second-order valence-corrected chi connectivity index (χ2v) is 17.6. The maximum absolute atomic E-state index is 6.65. The first-order chi connectivity index (χ1) is 19.4. The van der Waals surface area contributed by atoms with Crippen molar-refractivity contribution in [2.24, 2.45) is 5.92 Å². The van der Waals surface area contributed by atoms with Gasteiger partial charge in [-0.25, -0.2) is 0 Å². The third kappa shape index (κ3) is 6.06. The minimum atomic E-state index is -2.87. The molecule has 0 aliphatic heterocycles. The van der Waals surface area contributed by atoms with Crippen LogP contribution in [0.15, 0.2) is 119 Å². The van der Waals surface area contributed by atoms with Gasteiger partial charge >= 0.3 is 257 Å². The van der Waals surface area contributed by atoms with Crippen molar-refractivity contribution in [2.45, 2.75) is 17.5 Å². The molecule has 0 radical (unpaired) electrons. The molecule has 4 aromatic rings. The summed E-state index contributed by atoms with van der Waals surface area (Å²) in [6.07, 6.45) is 8.77.